The third kappa shape index (κ3) is 3.86. The highest BCUT2D eigenvalue weighted by molar-refractivity contribution is 5.98. The number of amides is 1. The van der Waals surface area contributed by atoms with Gasteiger partial charge in [-0.3, -0.25) is 4.79 Å². The zero-order valence-corrected chi connectivity index (χ0v) is 17.1. The van der Waals surface area contributed by atoms with Gasteiger partial charge in [0.15, 0.2) is 0 Å². The van der Waals surface area contributed by atoms with E-state index in [2.05, 4.69) is 15.3 Å². The van der Waals surface area contributed by atoms with E-state index in [0.717, 1.165) is 35.4 Å². The monoisotopic (exact) mass is 415 g/mol. The first-order chi connectivity index (χ1) is 15.1. The fraction of sp³-hybridized carbons (Fsp3) is 0.208. The van der Waals surface area contributed by atoms with Gasteiger partial charge in [0.25, 0.3) is 5.91 Å². The number of rotatable bonds is 4. The van der Waals surface area contributed by atoms with Crippen LogP contribution in [0.5, 0.6) is 0 Å². The van der Waals surface area contributed by atoms with Gasteiger partial charge >= 0.3 is 0 Å². The van der Waals surface area contributed by atoms with E-state index in [1.807, 2.05) is 48.2 Å². The zero-order valence-electron chi connectivity index (χ0n) is 17.1. The van der Waals surface area contributed by atoms with Gasteiger partial charge < -0.3 is 15.2 Å². The van der Waals surface area contributed by atoms with Crippen molar-refractivity contribution in [1.82, 2.24) is 19.9 Å². The van der Waals surface area contributed by atoms with Gasteiger partial charge in [-0.15, -0.1) is 0 Å². The molecule has 1 aliphatic rings. The van der Waals surface area contributed by atoms with Crippen molar-refractivity contribution in [3.8, 4) is 0 Å². The van der Waals surface area contributed by atoms with Gasteiger partial charge in [0.1, 0.15) is 23.1 Å². The summed E-state index contributed by atoms with van der Waals surface area (Å²) in [5.74, 6) is 0.994. The maximum absolute atomic E-state index is 13.5. The molecule has 1 aromatic carbocycles. The first-order valence-electron chi connectivity index (χ1n) is 10.3. The second kappa shape index (κ2) is 7.83. The molecule has 3 aromatic heterocycles. The number of nitrogens with one attached hydrogen (secondary N) is 2. The fourth-order valence-electron chi connectivity index (χ4n) is 4.14. The Hall–Kier alpha value is -3.74. The Labute approximate surface area is 179 Å². The molecule has 0 radical (unpaired) electrons. The van der Waals surface area contributed by atoms with Crippen molar-refractivity contribution in [3.05, 3.63) is 83.6 Å². The van der Waals surface area contributed by atoms with Gasteiger partial charge in [-0.2, -0.15) is 0 Å². The van der Waals surface area contributed by atoms with E-state index < -0.39 is 0 Å². The molecule has 1 fully saturated rings. The van der Waals surface area contributed by atoms with Gasteiger partial charge in [0.05, 0.1) is 11.7 Å². The van der Waals surface area contributed by atoms with Gasteiger partial charge in [-0.1, -0.05) is 12.1 Å². The second-order valence-electron chi connectivity index (χ2n) is 7.81. The van der Waals surface area contributed by atoms with Crippen LogP contribution in [0.3, 0.4) is 0 Å². The minimum Gasteiger partial charge on any atom is -0.350 e. The molecule has 4 aromatic rings. The Morgan fingerprint density at radius 1 is 1.10 bits per heavy atom. The van der Waals surface area contributed by atoms with E-state index in [4.69, 9.17) is 4.98 Å². The molecule has 5 rings (SSSR count). The largest absolute Gasteiger partial charge is 0.350 e. The molecule has 1 aliphatic heterocycles. The normalized spacial score (nSPS) is 16.1. The summed E-state index contributed by atoms with van der Waals surface area (Å²) in [6.07, 6.45) is 1.75. The van der Waals surface area contributed by atoms with Gasteiger partial charge in [0, 0.05) is 23.1 Å². The van der Waals surface area contributed by atoms with Crippen LogP contribution in [-0.2, 0) is 0 Å². The SMILES string of the molecule is Cc1cccc(Nc2cccc([C@@H]3CCCN3C(=O)c3cc4ccc(F)cc4[nH]3)n2)n1. The number of hydrogen-bond donors (Lipinski definition) is 2. The predicted octanol–water partition coefficient (Wildman–Crippen LogP) is 5.13. The third-order valence-corrected chi connectivity index (χ3v) is 5.59. The lowest BCUT2D eigenvalue weighted by Crippen LogP contribution is -2.31. The molecule has 1 amide bonds. The number of aryl methyl sites for hydroxylation is 1. The van der Waals surface area contributed by atoms with Crippen LogP contribution in [-0.4, -0.2) is 32.3 Å². The topological polar surface area (TPSA) is 73.9 Å². The Kier molecular flexibility index (Phi) is 4.86. The molecule has 31 heavy (non-hydrogen) atoms. The van der Waals surface area contributed by atoms with Crippen molar-refractivity contribution < 1.29 is 9.18 Å². The predicted molar refractivity (Wildman–Crippen MR) is 118 cm³/mol. The number of H-pyrrole nitrogens is 1. The molecule has 4 heterocycles. The lowest BCUT2D eigenvalue weighted by Gasteiger charge is -2.24. The Morgan fingerprint density at radius 2 is 1.90 bits per heavy atom. The smallest absolute Gasteiger partial charge is 0.270 e. The number of carbonyl (C=O) groups excluding carboxylic acids is 1. The van der Waals surface area contributed by atoms with E-state index >= 15 is 0 Å². The zero-order chi connectivity index (χ0) is 21.4. The minimum atomic E-state index is -0.330. The van der Waals surface area contributed by atoms with Gasteiger partial charge in [-0.25, -0.2) is 14.4 Å². The second-order valence-corrected chi connectivity index (χ2v) is 7.81. The van der Waals surface area contributed by atoms with Crippen LogP contribution in [0, 0.1) is 12.7 Å². The summed E-state index contributed by atoms with van der Waals surface area (Å²) < 4.78 is 13.5. The number of aromatic nitrogens is 3. The first-order valence-corrected chi connectivity index (χ1v) is 10.3. The van der Waals surface area contributed by atoms with Crippen LogP contribution < -0.4 is 5.32 Å². The number of aromatic amines is 1. The summed E-state index contributed by atoms with van der Waals surface area (Å²) in [5, 5.41) is 4.06. The summed E-state index contributed by atoms with van der Waals surface area (Å²) >= 11 is 0. The lowest BCUT2D eigenvalue weighted by molar-refractivity contribution is 0.0728. The molecular weight excluding hydrogens is 393 g/mol. The third-order valence-electron chi connectivity index (χ3n) is 5.59. The van der Waals surface area contributed by atoms with Crippen molar-refractivity contribution >= 4 is 28.4 Å². The number of anilines is 2. The summed E-state index contributed by atoms with van der Waals surface area (Å²) in [6, 6.07) is 17.7. The van der Waals surface area contributed by atoms with Gasteiger partial charge in [-0.05, 0) is 68.3 Å². The van der Waals surface area contributed by atoms with Crippen LogP contribution >= 0.6 is 0 Å². The molecule has 7 heteroatoms. The highest BCUT2D eigenvalue weighted by Gasteiger charge is 2.32. The maximum atomic E-state index is 13.5. The summed E-state index contributed by atoms with van der Waals surface area (Å²) in [5.41, 5.74) is 2.84. The van der Waals surface area contributed by atoms with Crippen LogP contribution in [0.15, 0.2) is 60.7 Å². The molecule has 2 N–H and O–H groups in total. The average Bonchev–Trinajstić information content (AvgIpc) is 3.40. The van der Waals surface area contributed by atoms with Gasteiger partial charge in [0.2, 0.25) is 0 Å². The number of halogens is 1. The Morgan fingerprint density at radius 3 is 2.74 bits per heavy atom. The summed E-state index contributed by atoms with van der Waals surface area (Å²) in [4.78, 5) is 27.4. The highest BCUT2D eigenvalue weighted by Crippen LogP contribution is 2.33. The Bertz CT molecular complexity index is 1270. The maximum Gasteiger partial charge on any atom is 0.270 e. The minimum absolute atomic E-state index is 0.0976. The summed E-state index contributed by atoms with van der Waals surface area (Å²) in [6.45, 7) is 2.60. The molecule has 1 atom stereocenters. The quantitative estimate of drug-likeness (QED) is 0.485. The average molecular weight is 415 g/mol. The molecule has 0 aliphatic carbocycles. The standard InChI is InChI=1S/C24H22FN5O/c1-15-5-2-8-22(26-15)29-23-9-3-6-18(28-23)21-7-4-12-30(21)24(31)20-13-16-10-11-17(25)14-19(16)27-20/h2-3,5-6,8-11,13-14,21,27H,4,7,12H2,1H3,(H,26,28,29)/t21-/m0/s1. The van der Waals surface area contributed by atoms with Crippen LogP contribution in [0.25, 0.3) is 10.9 Å². The molecule has 0 unspecified atom stereocenters. The Balaban J connectivity index is 1.40. The number of hydrogen-bond acceptors (Lipinski definition) is 4. The molecule has 0 spiro atoms. The number of nitrogens with zero attached hydrogens (tertiary/aromatic N) is 3. The van der Waals surface area contributed by atoms with Crippen molar-refractivity contribution in [3.63, 3.8) is 0 Å². The van der Waals surface area contributed by atoms with Crippen molar-refractivity contribution in [2.45, 2.75) is 25.8 Å². The van der Waals surface area contributed by atoms with E-state index in [-0.39, 0.29) is 17.8 Å². The summed E-state index contributed by atoms with van der Waals surface area (Å²) in [7, 11) is 0. The van der Waals surface area contributed by atoms with Crippen molar-refractivity contribution in [2.75, 3.05) is 11.9 Å². The van der Waals surface area contributed by atoms with E-state index in [9.17, 15) is 9.18 Å². The van der Waals surface area contributed by atoms with Crippen LogP contribution in [0.2, 0.25) is 0 Å². The number of likely N-dealkylation sites (tertiary alicyclic amines) is 1. The molecule has 0 bridgehead atoms. The fourth-order valence-corrected chi connectivity index (χ4v) is 4.14. The van der Waals surface area contributed by atoms with Crippen LogP contribution in [0.1, 0.15) is 40.8 Å². The molecular formula is C24H22FN5O. The number of carbonyl (C=O) groups is 1. The van der Waals surface area contributed by atoms with Crippen molar-refractivity contribution in [2.24, 2.45) is 0 Å². The van der Waals surface area contributed by atoms with E-state index in [1.54, 1.807) is 12.1 Å². The first kappa shape index (κ1) is 19.2. The van der Waals surface area contributed by atoms with Crippen molar-refractivity contribution in [1.29, 1.82) is 0 Å². The number of fused-ring (bicyclic) bond motifs is 1. The van der Waals surface area contributed by atoms with E-state index in [1.165, 1.54) is 12.1 Å². The van der Waals surface area contributed by atoms with Crippen LogP contribution in [0.4, 0.5) is 16.0 Å². The molecule has 1 saturated heterocycles. The highest BCUT2D eigenvalue weighted by atomic mass is 19.1. The number of pyridine rings is 2. The number of benzene rings is 1. The molecule has 0 saturated carbocycles. The van der Waals surface area contributed by atoms with E-state index in [0.29, 0.717) is 23.6 Å². The molecule has 6 nitrogen and oxygen atoms in total. The lowest BCUT2D eigenvalue weighted by atomic mass is 10.1. The molecule has 156 valence electrons.